The van der Waals surface area contributed by atoms with Gasteiger partial charge in [0, 0.05) is 19.5 Å². The highest BCUT2D eigenvalue weighted by Crippen LogP contribution is 2.51. The molecule has 0 aromatic rings. The van der Waals surface area contributed by atoms with Crippen LogP contribution in [-0.4, -0.2) is 24.7 Å². The zero-order valence-electron chi connectivity index (χ0n) is 9.93. The summed E-state index contributed by atoms with van der Waals surface area (Å²) in [6.45, 7) is 7.96. The van der Waals surface area contributed by atoms with E-state index < -0.39 is 0 Å². The Morgan fingerprint density at radius 2 is 2.13 bits per heavy atom. The van der Waals surface area contributed by atoms with Crippen LogP contribution in [0.3, 0.4) is 0 Å². The number of hydrogen-bond donors (Lipinski definition) is 1. The number of carbonyl (C=O) groups excluding carboxylic acids is 1. The van der Waals surface area contributed by atoms with Gasteiger partial charge in [0.1, 0.15) is 5.60 Å². The Kier molecular flexibility index (Phi) is 2.53. The second kappa shape index (κ2) is 3.48. The summed E-state index contributed by atoms with van der Waals surface area (Å²) >= 11 is 0. The van der Waals surface area contributed by atoms with E-state index in [1.165, 1.54) is 12.8 Å². The maximum Gasteiger partial charge on any atom is 0.306 e. The SMILES string of the molecule is CC(C)(C)OC(=O)CC1CCC12CNC2. The standard InChI is InChI=1S/C12H21NO2/c1-11(2,3)15-10(14)6-9-4-5-12(9)7-13-8-12/h9,13H,4-8H2,1-3H3. The predicted octanol–water partition coefficient (Wildman–Crippen LogP) is 1.72. The lowest BCUT2D eigenvalue weighted by Gasteiger charge is -2.56. The topological polar surface area (TPSA) is 38.3 Å². The van der Waals surface area contributed by atoms with Crippen LogP contribution in [0.5, 0.6) is 0 Å². The van der Waals surface area contributed by atoms with Crippen LogP contribution in [0.15, 0.2) is 0 Å². The smallest absolute Gasteiger partial charge is 0.306 e. The van der Waals surface area contributed by atoms with E-state index in [0.717, 1.165) is 13.1 Å². The first-order valence-corrected chi connectivity index (χ1v) is 5.84. The number of rotatable bonds is 2. The average molecular weight is 211 g/mol. The maximum atomic E-state index is 11.6. The Bertz CT molecular complexity index is 258. The first kappa shape index (κ1) is 10.9. The fourth-order valence-corrected chi connectivity index (χ4v) is 2.57. The van der Waals surface area contributed by atoms with E-state index in [2.05, 4.69) is 5.32 Å². The number of nitrogens with one attached hydrogen (secondary N) is 1. The molecule has 1 aliphatic heterocycles. The number of hydrogen-bond acceptors (Lipinski definition) is 3. The Hall–Kier alpha value is -0.570. The largest absolute Gasteiger partial charge is 0.460 e. The van der Waals surface area contributed by atoms with Crippen molar-refractivity contribution in [3.05, 3.63) is 0 Å². The van der Waals surface area contributed by atoms with Gasteiger partial charge in [-0.15, -0.1) is 0 Å². The lowest BCUT2D eigenvalue weighted by Crippen LogP contribution is -2.62. The Labute approximate surface area is 91.6 Å². The van der Waals surface area contributed by atoms with Crippen molar-refractivity contribution >= 4 is 5.97 Å². The summed E-state index contributed by atoms with van der Waals surface area (Å²) in [6, 6.07) is 0. The molecule has 3 heteroatoms. The molecule has 2 rings (SSSR count). The molecule has 1 spiro atoms. The van der Waals surface area contributed by atoms with Gasteiger partial charge in [0.05, 0.1) is 0 Å². The van der Waals surface area contributed by atoms with Crippen LogP contribution in [0.4, 0.5) is 0 Å². The van der Waals surface area contributed by atoms with Gasteiger partial charge in [0.25, 0.3) is 0 Å². The van der Waals surface area contributed by atoms with Crippen molar-refractivity contribution in [3.63, 3.8) is 0 Å². The summed E-state index contributed by atoms with van der Waals surface area (Å²) in [4.78, 5) is 11.6. The van der Waals surface area contributed by atoms with Crippen LogP contribution < -0.4 is 5.32 Å². The first-order valence-electron chi connectivity index (χ1n) is 5.84. The Morgan fingerprint density at radius 3 is 2.47 bits per heavy atom. The van der Waals surface area contributed by atoms with Crippen molar-refractivity contribution < 1.29 is 9.53 Å². The molecule has 0 radical (unpaired) electrons. The van der Waals surface area contributed by atoms with Crippen molar-refractivity contribution in [1.29, 1.82) is 0 Å². The molecule has 1 N–H and O–H groups in total. The molecule has 15 heavy (non-hydrogen) atoms. The van der Waals surface area contributed by atoms with Crippen molar-refractivity contribution in [2.75, 3.05) is 13.1 Å². The van der Waals surface area contributed by atoms with Gasteiger partial charge in [-0.2, -0.15) is 0 Å². The zero-order valence-corrected chi connectivity index (χ0v) is 9.93. The van der Waals surface area contributed by atoms with E-state index >= 15 is 0 Å². The van der Waals surface area contributed by atoms with Crippen molar-refractivity contribution in [1.82, 2.24) is 5.32 Å². The third-order valence-corrected chi connectivity index (χ3v) is 3.64. The number of ether oxygens (including phenoxy) is 1. The highest BCUT2D eigenvalue weighted by Gasteiger charge is 2.51. The molecule has 0 bridgehead atoms. The van der Waals surface area contributed by atoms with E-state index in [4.69, 9.17) is 4.74 Å². The van der Waals surface area contributed by atoms with Gasteiger partial charge >= 0.3 is 5.97 Å². The van der Waals surface area contributed by atoms with Crippen LogP contribution in [0.1, 0.15) is 40.0 Å². The van der Waals surface area contributed by atoms with Crippen LogP contribution in [0, 0.1) is 11.3 Å². The molecule has 1 atom stereocenters. The molecule has 0 aromatic heterocycles. The summed E-state index contributed by atoms with van der Waals surface area (Å²) in [5, 5.41) is 3.30. The van der Waals surface area contributed by atoms with Gasteiger partial charge in [-0.3, -0.25) is 4.79 Å². The van der Waals surface area contributed by atoms with Gasteiger partial charge in [-0.1, -0.05) is 0 Å². The molecule has 1 aliphatic carbocycles. The van der Waals surface area contributed by atoms with E-state index in [0.29, 0.717) is 17.8 Å². The summed E-state index contributed by atoms with van der Waals surface area (Å²) < 4.78 is 5.35. The molecule has 1 saturated carbocycles. The molecular formula is C12H21NO2. The highest BCUT2D eigenvalue weighted by atomic mass is 16.6. The lowest BCUT2D eigenvalue weighted by atomic mass is 9.55. The second-order valence-electron chi connectivity index (χ2n) is 5.99. The average Bonchev–Trinajstić information content (AvgIpc) is 1.91. The lowest BCUT2D eigenvalue weighted by molar-refractivity contribution is -0.160. The van der Waals surface area contributed by atoms with Gasteiger partial charge in [-0.05, 0) is 44.9 Å². The minimum atomic E-state index is -0.341. The summed E-state index contributed by atoms with van der Waals surface area (Å²) in [5.74, 6) is 0.534. The van der Waals surface area contributed by atoms with E-state index in [9.17, 15) is 4.79 Å². The molecule has 3 nitrogen and oxygen atoms in total. The van der Waals surface area contributed by atoms with Gasteiger partial charge in [0.15, 0.2) is 0 Å². The van der Waals surface area contributed by atoms with Gasteiger partial charge in [-0.25, -0.2) is 0 Å². The molecule has 2 aliphatic rings. The minimum absolute atomic E-state index is 0.0292. The first-order chi connectivity index (χ1) is 6.91. The van der Waals surface area contributed by atoms with Crippen LogP contribution >= 0.6 is 0 Å². The van der Waals surface area contributed by atoms with Gasteiger partial charge in [0.2, 0.25) is 0 Å². The van der Waals surface area contributed by atoms with Crippen molar-refractivity contribution in [2.24, 2.45) is 11.3 Å². The second-order valence-corrected chi connectivity index (χ2v) is 5.99. The molecule has 2 fully saturated rings. The normalized spacial score (nSPS) is 28.1. The molecule has 0 aromatic carbocycles. The highest BCUT2D eigenvalue weighted by molar-refractivity contribution is 5.70. The molecule has 1 heterocycles. The summed E-state index contributed by atoms with van der Waals surface area (Å²) in [6.07, 6.45) is 3.09. The van der Waals surface area contributed by atoms with E-state index in [1.807, 2.05) is 20.8 Å². The van der Waals surface area contributed by atoms with E-state index in [1.54, 1.807) is 0 Å². The fraction of sp³-hybridized carbons (Fsp3) is 0.917. The summed E-state index contributed by atoms with van der Waals surface area (Å²) in [7, 11) is 0. The Morgan fingerprint density at radius 1 is 1.47 bits per heavy atom. The fourth-order valence-electron chi connectivity index (χ4n) is 2.57. The van der Waals surface area contributed by atoms with E-state index in [-0.39, 0.29) is 11.6 Å². The minimum Gasteiger partial charge on any atom is -0.460 e. The monoisotopic (exact) mass is 211 g/mol. The third kappa shape index (κ3) is 2.17. The number of carbonyl (C=O) groups is 1. The van der Waals surface area contributed by atoms with Gasteiger partial charge < -0.3 is 10.1 Å². The molecule has 1 unspecified atom stereocenters. The van der Waals surface area contributed by atoms with Crippen LogP contribution in [-0.2, 0) is 9.53 Å². The molecule has 0 amide bonds. The predicted molar refractivity (Wildman–Crippen MR) is 58.5 cm³/mol. The maximum absolute atomic E-state index is 11.6. The van der Waals surface area contributed by atoms with Crippen LogP contribution in [0.2, 0.25) is 0 Å². The number of esters is 1. The quantitative estimate of drug-likeness (QED) is 0.707. The zero-order chi connectivity index (χ0) is 11.1. The Balaban J connectivity index is 1.80. The van der Waals surface area contributed by atoms with Crippen molar-refractivity contribution in [3.8, 4) is 0 Å². The molecule has 86 valence electrons. The molecular weight excluding hydrogens is 190 g/mol. The van der Waals surface area contributed by atoms with Crippen molar-refractivity contribution in [2.45, 2.75) is 45.6 Å². The third-order valence-electron chi connectivity index (χ3n) is 3.64. The molecule has 1 saturated heterocycles. The summed E-state index contributed by atoms with van der Waals surface area (Å²) in [5.41, 5.74) is 0.114. The van der Waals surface area contributed by atoms with Crippen LogP contribution in [0.25, 0.3) is 0 Å².